The van der Waals surface area contributed by atoms with E-state index in [1.807, 2.05) is 0 Å². The van der Waals surface area contributed by atoms with Crippen LogP contribution in [-0.2, 0) is 9.53 Å². The van der Waals surface area contributed by atoms with Crippen molar-refractivity contribution < 1.29 is 27.5 Å². The van der Waals surface area contributed by atoms with Crippen molar-refractivity contribution in [2.24, 2.45) is 5.92 Å². The number of ether oxygens (including phenoxy) is 1. The number of methoxy groups -OCH3 is 1. The fourth-order valence-electron chi connectivity index (χ4n) is 4.40. The Morgan fingerprint density at radius 3 is 2.42 bits per heavy atom. The average molecular weight is 480 g/mol. The highest BCUT2D eigenvalue weighted by Gasteiger charge is 2.43. The molecular formula is C20H28F3N3O3S2. The monoisotopic (exact) mass is 479 g/mol. The fourth-order valence-corrected chi connectivity index (χ4v) is 6.09. The number of hydrogen-bond donors (Lipinski definition) is 1. The summed E-state index contributed by atoms with van der Waals surface area (Å²) in [6.45, 7) is 0. The summed E-state index contributed by atoms with van der Waals surface area (Å²) < 4.78 is 44.6. The minimum Gasteiger partial charge on any atom is -0.468 e. The Labute approximate surface area is 188 Å². The number of urea groups is 1. The number of anilines is 1. The summed E-state index contributed by atoms with van der Waals surface area (Å²) in [5.41, 5.74) is 0. The van der Waals surface area contributed by atoms with Gasteiger partial charge < -0.3 is 9.64 Å². The van der Waals surface area contributed by atoms with E-state index in [0.717, 1.165) is 36.3 Å². The van der Waals surface area contributed by atoms with E-state index in [9.17, 15) is 22.8 Å². The smallest absolute Gasteiger partial charge is 0.391 e. The van der Waals surface area contributed by atoms with Crippen LogP contribution in [0, 0.1) is 5.92 Å². The molecule has 0 spiro atoms. The molecule has 1 N–H and O–H groups in total. The minimum absolute atomic E-state index is 0.0503. The van der Waals surface area contributed by atoms with Crippen LogP contribution in [0.25, 0.3) is 0 Å². The predicted molar refractivity (Wildman–Crippen MR) is 114 cm³/mol. The number of rotatable bonds is 6. The Hall–Kier alpha value is -1.49. The molecule has 2 aliphatic carbocycles. The number of nitrogens with zero attached hydrogens (tertiary/aromatic N) is 2. The Balaban J connectivity index is 1.65. The van der Waals surface area contributed by atoms with Crippen LogP contribution in [0.5, 0.6) is 0 Å². The Morgan fingerprint density at radius 1 is 1.16 bits per heavy atom. The first kappa shape index (κ1) is 24.2. The molecule has 0 saturated heterocycles. The summed E-state index contributed by atoms with van der Waals surface area (Å²) in [7, 11) is 1.32. The molecule has 31 heavy (non-hydrogen) atoms. The number of carbonyl (C=O) groups excluding carboxylic acids is 2. The number of nitrogens with one attached hydrogen (secondary N) is 1. The van der Waals surface area contributed by atoms with Crippen molar-refractivity contribution in [3.05, 3.63) is 6.20 Å². The van der Waals surface area contributed by atoms with Gasteiger partial charge in [0, 0.05) is 12.1 Å². The van der Waals surface area contributed by atoms with Crippen LogP contribution >= 0.6 is 23.1 Å². The summed E-state index contributed by atoms with van der Waals surface area (Å²) in [4.78, 5) is 30.5. The van der Waals surface area contributed by atoms with Crippen LogP contribution in [0.3, 0.4) is 0 Å². The van der Waals surface area contributed by atoms with Gasteiger partial charge in [0.25, 0.3) is 0 Å². The lowest BCUT2D eigenvalue weighted by Crippen LogP contribution is -2.51. The van der Waals surface area contributed by atoms with Crippen LogP contribution in [0.1, 0.15) is 57.8 Å². The summed E-state index contributed by atoms with van der Waals surface area (Å²) in [5, 5.41) is 3.26. The molecule has 11 heteroatoms. The number of halogens is 3. The largest absolute Gasteiger partial charge is 0.468 e. The van der Waals surface area contributed by atoms with Crippen molar-refractivity contribution in [2.75, 3.05) is 18.2 Å². The molecule has 0 bridgehead atoms. The van der Waals surface area contributed by atoms with E-state index in [4.69, 9.17) is 0 Å². The molecule has 2 saturated carbocycles. The molecule has 1 aromatic rings. The Morgan fingerprint density at radius 2 is 1.81 bits per heavy atom. The van der Waals surface area contributed by atoms with Crippen molar-refractivity contribution in [1.29, 1.82) is 0 Å². The van der Waals surface area contributed by atoms with Gasteiger partial charge in [-0.15, -0.1) is 11.8 Å². The maximum absolute atomic E-state index is 13.2. The number of amides is 2. The number of thiazole rings is 1. The molecule has 1 heterocycles. The second-order valence-corrected chi connectivity index (χ2v) is 10.3. The summed E-state index contributed by atoms with van der Waals surface area (Å²) in [6.07, 6.45) is 3.23. The van der Waals surface area contributed by atoms with Gasteiger partial charge in [-0.05, 0) is 38.5 Å². The molecule has 174 valence electrons. The van der Waals surface area contributed by atoms with Gasteiger partial charge in [0.05, 0.1) is 29.2 Å². The summed E-state index contributed by atoms with van der Waals surface area (Å²) in [6, 6.07) is -0.426. The van der Waals surface area contributed by atoms with Gasteiger partial charge in [-0.2, -0.15) is 13.2 Å². The van der Waals surface area contributed by atoms with E-state index in [1.54, 1.807) is 11.1 Å². The van der Waals surface area contributed by atoms with Crippen LogP contribution in [0.4, 0.5) is 23.1 Å². The zero-order valence-corrected chi connectivity index (χ0v) is 19.1. The minimum atomic E-state index is -4.16. The van der Waals surface area contributed by atoms with Crippen molar-refractivity contribution in [3.8, 4) is 0 Å². The van der Waals surface area contributed by atoms with E-state index in [1.165, 1.54) is 30.2 Å². The Kier molecular flexibility index (Phi) is 8.49. The number of aromatic nitrogens is 1. The highest BCUT2D eigenvalue weighted by Crippen LogP contribution is 2.40. The molecule has 2 aliphatic rings. The van der Waals surface area contributed by atoms with Gasteiger partial charge in [0.15, 0.2) is 5.13 Å². The van der Waals surface area contributed by atoms with Crippen molar-refractivity contribution in [1.82, 2.24) is 9.88 Å². The van der Waals surface area contributed by atoms with E-state index >= 15 is 0 Å². The van der Waals surface area contributed by atoms with E-state index in [0.29, 0.717) is 18.0 Å². The van der Waals surface area contributed by atoms with Gasteiger partial charge in [0.1, 0.15) is 0 Å². The molecule has 6 nitrogen and oxygen atoms in total. The third-order valence-corrected chi connectivity index (χ3v) is 8.09. The number of hydrogen-bond acceptors (Lipinski definition) is 6. The zero-order chi connectivity index (χ0) is 22.4. The number of alkyl halides is 3. The third kappa shape index (κ3) is 6.74. The quantitative estimate of drug-likeness (QED) is 0.419. The van der Waals surface area contributed by atoms with E-state index in [-0.39, 0.29) is 42.7 Å². The molecule has 0 unspecified atom stereocenters. The first-order valence-corrected chi connectivity index (χ1v) is 12.4. The average Bonchev–Trinajstić information content (AvgIpc) is 3.20. The molecule has 0 aliphatic heterocycles. The fraction of sp³-hybridized carbons (Fsp3) is 0.750. The molecular weight excluding hydrogens is 451 g/mol. The first-order valence-electron chi connectivity index (χ1n) is 10.6. The number of esters is 1. The maximum atomic E-state index is 13.2. The van der Waals surface area contributed by atoms with Gasteiger partial charge in [-0.1, -0.05) is 30.6 Å². The van der Waals surface area contributed by atoms with Gasteiger partial charge >= 0.3 is 18.2 Å². The van der Waals surface area contributed by atoms with Crippen molar-refractivity contribution in [3.63, 3.8) is 0 Å². The van der Waals surface area contributed by atoms with Gasteiger partial charge in [-0.25, -0.2) is 9.78 Å². The highest BCUT2D eigenvalue weighted by molar-refractivity contribution is 8.01. The molecule has 1 aromatic heterocycles. The van der Waals surface area contributed by atoms with E-state index in [2.05, 4.69) is 15.0 Å². The summed E-state index contributed by atoms with van der Waals surface area (Å²) in [5.74, 6) is -1.46. The van der Waals surface area contributed by atoms with Crippen LogP contribution in [0.2, 0.25) is 0 Å². The summed E-state index contributed by atoms with van der Waals surface area (Å²) >= 11 is 2.54. The SMILES string of the molecule is COC(=O)CSc1cnc(NC(=O)N(C2CCCCC2)C2CCC(C(F)(F)F)CC2)s1. The third-order valence-electron chi connectivity index (χ3n) is 6.01. The topological polar surface area (TPSA) is 71.5 Å². The maximum Gasteiger partial charge on any atom is 0.391 e. The zero-order valence-electron chi connectivity index (χ0n) is 17.5. The molecule has 0 atom stereocenters. The van der Waals surface area contributed by atoms with Gasteiger partial charge in [0.2, 0.25) is 0 Å². The van der Waals surface area contributed by atoms with Crippen LogP contribution in [-0.4, -0.2) is 53.0 Å². The number of carbonyl (C=O) groups is 2. The van der Waals surface area contributed by atoms with Crippen LogP contribution < -0.4 is 5.32 Å². The predicted octanol–water partition coefficient (Wildman–Crippen LogP) is 5.70. The Bertz CT molecular complexity index is 746. The highest BCUT2D eigenvalue weighted by atomic mass is 32.2. The lowest BCUT2D eigenvalue weighted by Gasteiger charge is -2.42. The second kappa shape index (κ2) is 10.9. The molecule has 2 amide bonds. The molecule has 3 rings (SSSR count). The number of thioether (sulfide) groups is 1. The van der Waals surface area contributed by atoms with Crippen molar-refractivity contribution in [2.45, 2.75) is 80.3 Å². The van der Waals surface area contributed by atoms with Crippen LogP contribution in [0.15, 0.2) is 10.4 Å². The van der Waals surface area contributed by atoms with Crippen molar-refractivity contribution >= 4 is 40.2 Å². The van der Waals surface area contributed by atoms with E-state index < -0.39 is 12.1 Å². The standard InChI is InChI=1S/C20H28F3N3O3S2/c1-29-16(27)12-30-17-11-24-18(31-17)25-19(28)26(14-5-3-2-4-6-14)15-9-7-13(8-10-15)20(21,22)23/h11,13-15H,2-10,12H2,1H3,(H,24,25,28). The lowest BCUT2D eigenvalue weighted by molar-refractivity contribution is -0.184. The molecule has 2 fully saturated rings. The lowest BCUT2D eigenvalue weighted by atomic mass is 9.83. The van der Waals surface area contributed by atoms with Gasteiger partial charge in [-0.3, -0.25) is 10.1 Å². The normalized spacial score (nSPS) is 22.7. The first-order chi connectivity index (χ1) is 14.8. The second-order valence-electron chi connectivity index (χ2n) is 8.03. The molecule has 0 aromatic carbocycles. The molecule has 0 radical (unpaired) electrons.